The minimum atomic E-state index is 0. The van der Waals surface area contributed by atoms with Gasteiger partial charge in [0, 0.05) is 0 Å². The van der Waals surface area contributed by atoms with Gasteiger partial charge in [-0.3, -0.25) is 0 Å². The molecule has 145 valence electrons. The molecule has 11 radical (unpaired) electrons. The Balaban J connectivity index is -0.0000000625. The van der Waals surface area contributed by atoms with Gasteiger partial charge in [-0.2, -0.15) is 0 Å². The van der Waals surface area contributed by atoms with Crippen LogP contribution in [0, 0.1) is 129 Å². The molecule has 0 aromatic carbocycles. The number of hydrogen-bond acceptors (Lipinski definition) is 0. The Labute approximate surface area is 214 Å². The van der Waals surface area contributed by atoms with Crippen LogP contribution in [0.15, 0.2) is 0 Å². The third kappa shape index (κ3) is 9.13. The summed E-state index contributed by atoms with van der Waals surface area (Å²) in [6.07, 6.45) is 0. The van der Waals surface area contributed by atoms with E-state index in [1.807, 2.05) is 0 Å². The summed E-state index contributed by atoms with van der Waals surface area (Å²) >= 11 is 0. The number of rotatable bonds is 0. The normalized spacial score (nSPS) is 21.9. The first-order chi connectivity index (χ1) is 9.11. The van der Waals surface area contributed by atoms with Crippen LogP contribution in [0.3, 0.4) is 0 Å². The van der Waals surface area contributed by atoms with E-state index in [1.54, 1.807) is 0 Å². The van der Waals surface area contributed by atoms with Crippen molar-refractivity contribution in [2.45, 2.75) is 69.2 Å². The van der Waals surface area contributed by atoms with E-state index in [0.717, 1.165) is 0 Å². The van der Waals surface area contributed by atoms with E-state index < -0.39 is 0 Å². The first-order valence-corrected chi connectivity index (χ1v) is 7.50. The van der Waals surface area contributed by atoms with Crippen LogP contribution in [0.4, 0.5) is 0 Å². The molecule has 2 fully saturated rings. The van der Waals surface area contributed by atoms with Crippen LogP contribution >= 0.6 is 0 Å². The molecule has 0 atom stereocenters. The van der Waals surface area contributed by atoms with Crippen molar-refractivity contribution >= 4 is 17.4 Å². The van der Waals surface area contributed by atoms with Crippen molar-refractivity contribution in [1.82, 2.24) is 0 Å². The second-order valence-electron chi connectivity index (χ2n) is 6.25. The minimum absolute atomic E-state index is 0. The molecule has 0 amide bonds. The predicted molar refractivity (Wildman–Crippen MR) is 121 cm³/mol. The van der Waals surface area contributed by atoms with E-state index in [9.17, 15) is 0 Å². The molecule has 0 saturated heterocycles. The summed E-state index contributed by atoms with van der Waals surface area (Å²) in [4.78, 5) is 0. The molecule has 2 aliphatic rings. The molecule has 0 N–H and O–H groups in total. The first-order valence-electron chi connectivity index (χ1n) is 7.50. The largest absolute Gasteiger partial charge is 3.00 e. The Morgan fingerprint density at radius 3 is 0.346 bits per heavy atom. The molecule has 2 heteroatoms. The molecule has 0 unspecified atom stereocenters. The Bertz CT molecular complexity index is 187. The molecular weight excluding hydrogens is 466 g/mol. The van der Waals surface area contributed by atoms with Crippen LogP contribution in [0.1, 0.15) is 69.2 Å². The maximum absolute atomic E-state index is 2.20. The van der Waals surface area contributed by atoms with E-state index in [0.29, 0.717) is 0 Å². The molecule has 0 aliphatic heterocycles. The molecule has 2 saturated carbocycles. The van der Waals surface area contributed by atoms with Crippen molar-refractivity contribution in [3.05, 3.63) is 88.9 Å². The Morgan fingerprint density at radius 2 is 0.308 bits per heavy atom. The van der Waals surface area contributed by atoms with Gasteiger partial charge >= 0.3 is 57.7 Å². The third-order valence-electron chi connectivity index (χ3n) is 5.62. The molecule has 0 heterocycles. The molecule has 2 aliphatic carbocycles. The Morgan fingerprint density at radius 1 is 0.269 bits per heavy atom. The molecule has 0 bridgehead atoms. The van der Waals surface area contributed by atoms with Crippen molar-refractivity contribution in [2.24, 2.45) is 0 Å². The molecule has 2 rings (SSSR count). The molecular formula is C24H42AlSm+2. The maximum Gasteiger partial charge on any atom is 3.00 e. The van der Waals surface area contributed by atoms with Gasteiger partial charge in [-0.25, -0.2) is 0 Å². The summed E-state index contributed by atoms with van der Waals surface area (Å²) in [5, 5.41) is 0. The summed E-state index contributed by atoms with van der Waals surface area (Å²) in [7, 11) is 0. The quantitative estimate of drug-likeness (QED) is 0.237. The minimum Gasteiger partial charge on any atom is -0.358 e. The fourth-order valence-corrected chi connectivity index (χ4v) is 2.81. The van der Waals surface area contributed by atoms with Crippen molar-refractivity contribution in [3.63, 3.8) is 0 Å². The van der Waals surface area contributed by atoms with Crippen LogP contribution in [0.2, 0.25) is 0 Å². The van der Waals surface area contributed by atoms with Crippen molar-refractivity contribution in [3.8, 4) is 0 Å². The van der Waals surface area contributed by atoms with Gasteiger partial charge in [-0.05, 0) is 59.2 Å². The SMILES string of the molecule is C[C]1[C](C)[C](C)[C](C)[C]1C.C[C]1[C](C)[C](C)[C](C)[C]1C.[Al+3].[CH3-].[CH3-].[CH3-].[CH3-].[Sm+3]. The standard InChI is InChI=1S/2C10H15.4CH3.Al.Sm/c2*1-6-7(2)9(4)10(5)8(6)3;;;;;;/h2*1-5H3;4*1H3;;/q;;4*-1;2*+3. The summed E-state index contributed by atoms with van der Waals surface area (Å²) in [6.45, 7) is 22.0. The molecule has 26 heavy (non-hydrogen) atoms. The summed E-state index contributed by atoms with van der Waals surface area (Å²) in [5.41, 5.74) is 0. The fraction of sp³-hybridized carbons (Fsp3) is 0.417. The summed E-state index contributed by atoms with van der Waals surface area (Å²) in [5.74, 6) is 14.7. The van der Waals surface area contributed by atoms with Gasteiger partial charge in [0.2, 0.25) is 0 Å². The van der Waals surface area contributed by atoms with E-state index >= 15 is 0 Å². The summed E-state index contributed by atoms with van der Waals surface area (Å²) < 4.78 is 0. The van der Waals surface area contributed by atoms with Crippen molar-refractivity contribution < 1.29 is 40.4 Å². The van der Waals surface area contributed by atoms with Gasteiger partial charge in [-0.1, -0.05) is 69.2 Å². The Kier molecular flexibility index (Phi) is 28.6. The van der Waals surface area contributed by atoms with Crippen LogP contribution < -0.4 is 0 Å². The van der Waals surface area contributed by atoms with Crippen LogP contribution in [0.5, 0.6) is 0 Å². The van der Waals surface area contributed by atoms with Crippen LogP contribution in [-0.2, 0) is 0 Å². The third-order valence-corrected chi connectivity index (χ3v) is 5.62. The van der Waals surface area contributed by atoms with E-state index in [2.05, 4.69) is 69.2 Å². The fourth-order valence-electron chi connectivity index (χ4n) is 2.81. The van der Waals surface area contributed by atoms with Gasteiger partial charge in [0.15, 0.2) is 0 Å². The van der Waals surface area contributed by atoms with Gasteiger partial charge in [0.25, 0.3) is 0 Å². The topological polar surface area (TPSA) is 0 Å². The van der Waals surface area contributed by atoms with Gasteiger partial charge in [-0.15, -0.1) is 0 Å². The van der Waals surface area contributed by atoms with E-state index in [4.69, 9.17) is 0 Å². The zero-order valence-corrected chi connectivity index (χ0v) is 23.8. The molecule has 0 aromatic heterocycles. The first kappa shape index (κ1) is 42.1. The van der Waals surface area contributed by atoms with E-state index in [-0.39, 0.29) is 87.5 Å². The monoisotopic (exact) mass is 509 g/mol. The number of hydrogen-bond donors (Lipinski definition) is 0. The van der Waals surface area contributed by atoms with Gasteiger partial charge in [0.05, 0.1) is 0 Å². The second-order valence-corrected chi connectivity index (χ2v) is 6.25. The Hall–Kier alpha value is 1.87. The van der Waals surface area contributed by atoms with E-state index in [1.165, 1.54) is 59.2 Å². The van der Waals surface area contributed by atoms with Crippen LogP contribution in [-0.4, -0.2) is 17.4 Å². The predicted octanol–water partition coefficient (Wildman–Crippen LogP) is 7.36. The maximum atomic E-state index is 2.20. The smallest absolute Gasteiger partial charge is 0.358 e. The zero-order chi connectivity index (χ0) is 15.8. The average molecular weight is 508 g/mol. The van der Waals surface area contributed by atoms with Crippen molar-refractivity contribution in [1.29, 1.82) is 0 Å². The zero-order valence-electron chi connectivity index (χ0n) is 20.0. The van der Waals surface area contributed by atoms with Crippen molar-refractivity contribution in [2.75, 3.05) is 0 Å². The second kappa shape index (κ2) is 17.7. The average Bonchev–Trinajstić information content (AvgIpc) is 2.71. The summed E-state index contributed by atoms with van der Waals surface area (Å²) in [6, 6.07) is 0. The van der Waals surface area contributed by atoms with Gasteiger partial charge < -0.3 is 29.7 Å². The van der Waals surface area contributed by atoms with Gasteiger partial charge in [0.1, 0.15) is 0 Å². The van der Waals surface area contributed by atoms with Crippen LogP contribution in [0.25, 0.3) is 0 Å². The molecule has 0 aromatic rings. The molecule has 0 nitrogen and oxygen atoms in total. The molecule has 0 spiro atoms.